The summed E-state index contributed by atoms with van der Waals surface area (Å²) in [5.41, 5.74) is 5.86. The van der Waals surface area contributed by atoms with Crippen LogP contribution in [0.4, 0.5) is 0 Å². The number of hydrogen-bond donors (Lipinski definition) is 0. The Kier molecular flexibility index (Phi) is 11.8. The Morgan fingerprint density at radius 3 is 2.10 bits per heavy atom. The van der Waals surface area contributed by atoms with Crippen molar-refractivity contribution in [1.82, 2.24) is 9.80 Å². The topological polar surface area (TPSA) is 34.2 Å². The molecule has 230 valence electrons. The lowest BCUT2D eigenvalue weighted by Gasteiger charge is -2.36. The molecule has 0 atom stereocenters. The van der Waals surface area contributed by atoms with Gasteiger partial charge < -0.3 is 19.1 Å². The Balaban J connectivity index is 1.21. The van der Waals surface area contributed by atoms with Crippen LogP contribution in [0, 0.1) is 19.3 Å². The van der Waals surface area contributed by atoms with Gasteiger partial charge in [0.15, 0.2) is 11.5 Å². The molecule has 1 saturated heterocycles. The molecule has 0 radical (unpaired) electrons. The summed E-state index contributed by atoms with van der Waals surface area (Å²) >= 11 is 2.02. The third-order valence-electron chi connectivity index (χ3n) is 8.83. The van der Waals surface area contributed by atoms with E-state index in [0.29, 0.717) is 16.9 Å². The van der Waals surface area contributed by atoms with Crippen LogP contribution in [0.5, 0.6) is 17.2 Å². The minimum absolute atomic E-state index is 0.335. The maximum absolute atomic E-state index is 5.71. The van der Waals surface area contributed by atoms with E-state index in [-0.39, 0.29) is 0 Å². The van der Waals surface area contributed by atoms with Crippen LogP contribution in [0.25, 0.3) is 0 Å². The summed E-state index contributed by atoms with van der Waals surface area (Å²) in [6, 6.07) is 15.5. The minimum Gasteiger partial charge on any atom is -0.493 e. The average Bonchev–Trinajstić information content (AvgIpc) is 3.35. The van der Waals surface area contributed by atoms with Crippen molar-refractivity contribution < 1.29 is 14.2 Å². The van der Waals surface area contributed by atoms with E-state index < -0.39 is 0 Å². The molecule has 42 heavy (non-hydrogen) atoms. The summed E-state index contributed by atoms with van der Waals surface area (Å²) in [7, 11) is 5.03. The first-order valence-corrected chi connectivity index (χ1v) is 16.4. The van der Waals surface area contributed by atoms with Gasteiger partial charge in [-0.05, 0) is 87.6 Å². The quantitative estimate of drug-likeness (QED) is 0.180. The fourth-order valence-corrected chi connectivity index (χ4v) is 7.10. The van der Waals surface area contributed by atoms with Gasteiger partial charge in [-0.3, -0.25) is 4.90 Å². The maximum Gasteiger partial charge on any atom is 0.203 e. The molecule has 1 aliphatic heterocycles. The zero-order valence-corrected chi connectivity index (χ0v) is 27.9. The molecule has 0 saturated carbocycles. The Morgan fingerprint density at radius 1 is 0.738 bits per heavy atom. The van der Waals surface area contributed by atoms with Crippen LogP contribution in [0.1, 0.15) is 65.1 Å². The van der Waals surface area contributed by atoms with Crippen LogP contribution >= 0.6 is 11.3 Å². The number of aryl methyl sites for hydroxylation is 5. The van der Waals surface area contributed by atoms with E-state index in [9.17, 15) is 0 Å². The lowest BCUT2D eigenvalue weighted by molar-refractivity contribution is 0.112. The van der Waals surface area contributed by atoms with Crippen LogP contribution < -0.4 is 14.2 Å². The van der Waals surface area contributed by atoms with Crippen molar-refractivity contribution in [2.45, 2.75) is 72.8 Å². The van der Waals surface area contributed by atoms with E-state index >= 15 is 0 Å². The normalized spacial score (nSPS) is 14.7. The number of methoxy groups -OCH3 is 3. The number of thiophene rings is 1. The van der Waals surface area contributed by atoms with E-state index in [1.807, 2.05) is 17.4 Å². The fraction of sp³-hybridized carbons (Fsp3) is 0.556. The van der Waals surface area contributed by atoms with Gasteiger partial charge in [0.2, 0.25) is 5.75 Å². The van der Waals surface area contributed by atoms with Crippen molar-refractivity contribution >= 4 is 11.3 Å². The van der Waals surface area contributed by atoms with Crippen LogP contribution in [0.15, 0.2) is 42.5 Å². The monoisotopic (exact) mass is 592 g/mol. The molecule has 4 rings (SSSR count). The molecule has 6 heteroatoms. The molecule has 0 amide bonds. The summed E-state index contributed by atoms with van der Waals surface area (Å²) in [6.45, 7) is 15.7. The predicted octanol–water partition coefficient (Wildman–Crippen LogP) is 7.73. The Labute approximate surface area is 258 Å². The van der Waals surface area contributed by atoms with Crippen LogP contribution in [0.2, 0.25) is 0 Å². The molecule has 1 fully saturated rings. The predicted molar refractivity (Wildman–Crippen MR) is 177 cm³/mol. The Hall–Kier alpha value is -2.54. The van der Waals surface area contributed by atoms with Gasteiger partial charge in [-0.1, -0.05) is 49.7 Å². The lowest BCUT2D eigenvalue weighted by atomic mass is 9.83. The van der Waals surface area contributed by atoms with Gasteiger partial charge in [0.05, 0.1) is 21.3 Å². The third kappa shape index (κ3) is 8.98. The first-order chi connectivity index (χ1) is 20.2. The highest BCUT2D eigenvalue weighted by molar-refractivity contribution is 7.12. The maximum atomic E-state index is 5.71. The van der Waals surface area contributed by atoms with Gasteiger partial charge in [-0.15, -0.1) is 11.3 Å². The van der Waals surface area contributed by atoms with Crippen molar-refractivity contribution in [1.29, 1.82) is 0 Å². The van der Waals surface area contributed by atoms with Gasteiger partial charge in [0.25, 0.3) is 0 Å². The lowest BCUT2D eigenvalue weighted by Crippen LogP contribution is -2.46. The van der Waals surface area contributed by atoms with Gasteiger partial charge in [-0.2, -0.15) is 0 Å². The van der Waals surface area contributed by atoms with Gasteiger partial charge >= 0.3 is 0 Å². The smallest absolute Gasteiger partial charge is 0.203 e. The van der Waals surface area contributed by atoms with Crippen LogP contribution in [-0.4, -0.2) is 63.9 Å². The van der Waals surface area contributed by atoms with Crippen molar-refractivity contribution in [3.63, 3.8) is 0 Å². The summed E-state index contributed by atoms with van der Waals surface area (Å²) in [5.74, 6) is 2.15. The van der Waals surface area contributed by atoms with Crippen molar-refractivity contribution in [2.24, 2.45) is 5.41 Å². The van der Waals surface area contributed by atoms with Crippen molar-refractivity contribution in [3.05, 3.63) is 74.5 Å². The number of benzene rings is 2. The molecule has 0 aliphatic carbocycles. The first-order valence-electron chi connectivity index (χ1n) is 15.6. The molecule has 3 aromatic rings. The summed E-state index contributed by atoms with van der Waals surface area (Å²) in [6.07, 6.45) is 7.26. The van der Waals surface area contributed by atoms with Crippen LogP contribution in [0.3, 0.4) is 0 Å². The fourth-order valence-electron chi connectivity index (χ4n) is 6.01. The highest BCUT2D eigenvalue weighted by atomic mass is 32.1. The van der Waals surface area contributed by atoms with E-state index in [1.54, 1.807) is 31.8 Å². The molecule has 1 aromatic heterocycles. The molecule has 2 heterocycles. The molecule has 0 bridgehead atoms. The van der Waals surface area contributed by atoms with Crippen molar-refractivity contribution in [2.75, 3.05) is 54.1 Å². The number of piperazine rings is 1. The Bertz CT molecular complexity index is 1260. The van der Waals surface area contributed by atoms with Crippen molar-refractivity contribution in [3.8, 4) is 17.2 Å². The van der Waals surface area contributed by atoms with Gasteiger partial charge in [0, 0.05) is 48.0 Å². The second-order valence-electron chi connectivity index (χ2n) is 12.7. The standard InChI is InChI=1S/C36H52N2O3S/c1-27-11-13-29(14-12-27)9-8-10-30-25-28(2)42-33(30)17-18-36(3,4)19-20-37-21-23-38(24-22-37)26-31-15-16-32(39-5)35(41-7)34(31)40-6/h11-16,25H,8-10,17-24,26H2,1-7H3. The highest BCUT2D eigenvalue weighted by Crippen LogP contribution is 2.40. The average molecular weight is 593 g/mol. The summed E-state index contributed by atoms with van der Waals surface area (Å²) in [5, 5.41) is 0. The minimum atomic E-state index is 0.335. The molecule has 0 N–H and O–H groups in total. The molecular weight excluding hydrogens is 540 g/mol. The van der Waals surface area contributed by atoms with E-state index in [0.717, 1.165) is 50.5 Å². The number of ether oxygens (including phenoxy) is 3. The molecule has 5 nitrogen and oxygen atoms in total. The van der Waals surface area contributed by atoms with E-state index in [4.69, 9.17) is 14.2 Å². The summed E-state index contributed by atoms with van der Waals surface area (Å²) in [4.78, 5) is 8.24. The molecule has 0 spiro atoms. The second kappa shape index (κ2) is 15.3. The number of rotatable bonds is 15. The second-order valence-corrected chi connectivity index (χ2v) is 14.0. The van der Waals surface area contributed by atoms with Gasteiger partial charge in [-0.25, -0.2) is 0 Å². The molecule has 0 unspecified atom stereocenters. The number of nitrogens with zero attached hydrogens (tertiary/aromatic N) is 2. The van der Waals surface area contributed by atoms with E-state index in [1.165, 1.54) is 54.7 Å². The van der Waals surface area contributed by atoms with Crippen LogP contribution in [-0.2, 0) is 25.8 Å². The highest BCUT2D eigenvalue weighted by Gasteiger charge is 2.24. The SMILES string of the molecule is COc1ccc(CN2CCN(CCC(C)(C)CCc3sc(C)cc3CCCc3ccc(C)cc3)CC2)c(OC)c1OC. The summed E-state index contributed by atoms with van der Waals surface area (Å²) < 4.78 is 16.7. The molecular formula is C36H52N2O3S. The third-order valence-corrected chi connectivity index (χ3v) is 9.98. The number of hydrogen-bond acceptors (Lipinski definition) is 6. The zero-order chi connectivity index (χ0) is 30.1. The largest absolute Gasteiger partial charge is 0.493 e. The zero-order valence-electron chi connectivity index (χ0n) is 27.1. The van der Waals surface area contributed by atoms with Gasteiger partial charge in [0.1, 0.15) is 0 Å². The molecule has 1 aliphatic rings. The molecule has 2 aromatic carbocycles. The first kappa shape index (κ1) is 32.4. The van der Waals surface area contributed by atoms with E-state index in [2.05, 4.69) is 73.9 Å². The Morgan fingerprint density at radius 2 is 1.43 bits per heavy atom.